The summed E-state index contributed by atoms with van der Waals surface area (Å²) in [5, 5.41) is 4.82. The second kappa shape index (κ2) is 7.69. The summed E-state index contributed by atoms with van der Waals surface area (Å²) in [4.78, 5) is 31.5. The van der Waals surface area contributed by atoms with E-state index in [-0.39, 0.29) is 18.0 Å². The lowest BCUT2D eigenvalue weighted by molar-refractivity contribution is -0.117. The van der Waals surface area contributed by atoms with Crippen LogP contribution in [-0.2, 0) is 11.3 Å². The van der Waals surface area contributed by atoms with Crippen molar-refractivity contribution in [3.8, 4) is 0 Å². The van der Waals surface area contributed by atoms with E-state index >= 15 is 0 Å². The predicted molar refractivity (Wildman–Crippen MR) is 108 cm³/mol. The van der Waals surface area contributed by atoms with Gasteiger partial charge in [-0.25, -0.2) is 4.98 Å². The third kappa shape index (κ3) is 4.20. The van der Waals surface area contributed by atoms with Crippen molar-refractivity contribution in [1.82, 2.24) is 14.3 Å². The normalized spacial score (nSPS) is 11.3. The van der Waals surface area contributed by atoms with Crippen LogP contribution in [-0.4, -0.2) is 33.8 Å². The van der Waals surface area contributed by atoms with Gasteiger partial charge in [-0.2, -0.15) is 0 Å². The number of anilines is 1. The van der Waals surface area contributed by atoms with Gasteiger partial charge in [-0.15, -0.1) is 11.3 Å². The topological polar surface area (TPSA) is 66.7 Å². The zero-order valence-electron chi connectivity index (χ0n) is 14.7. The molecule has 6 nitrogen and oxygen atoms in total. The Hall–Kier alpha value is -2.03. The molecule has 0 saturated heterocycles. The molecule has 0 aliphatic carbocycles. The Bertz CT molecular complexity index is 1030. The molecule has 1 N–H and O–H groups in total. The number of nitrogens with zero attached hydrogens (tertiary/aromatic N) is 3. The first-order valence-electron chi connectivity index (χ1n) is 8.05. The van der Waals surface area contributed by atoms with Crippen LogP contribution in [0.15, 0.2) is 38.9 Å². The first-order valence-corrected chi connectivity index (χ1v) is 9.72. The fourth-order valence-electron chi connectivity index (χ4n) is 2.72. The third-order valence-corrected chi connectivity index (χ3v) is 5.37. The maximum atomic E-state index is 12.3. The first-order chi connectivity index (χ1) is 12.3. The van der Waals surface area contributed by atoms with E-state index in [2.05, 4.69) is 26.2 Å². The first kappa shape index (κ1) is 18.8. The van der Waals surface area contributed by atoms with E-state index < -0.39 is 0 Å². The highest BCUT2D eigenvalue weighted by atomic mass is 79.9. The molecule has 0 spiro atoms. The van der Waals surface area contributed by atoms with E-state index in [4.69, 9.17) is 0 Å². The van der Waals surface area contributed by atoms with Gasteiger partial charge in [-0.3, -0.25) is 18.9 Å². The lowest BCUT2D eigenvalue weighted by Gasteiger charge is -2.16. The van der Waals surface area contributed by atoms with Gasteiger partial charge in [0.15, 0.2) is 4.96 Å². The summed E-state index contributed by atoms with van der Waals surface area (Å²) < 4.78 is 2.57. The van der Waals surface area contributed by atoms with Crippen LogP contribution >= 0.6 is 27.3 Å². The number of fused-ring (bicyclic) bond motifs is 1. The van der Waals surface area contributed by atoms with Gasteiger partial charge in [0.25, 0.3) is 5.56 Å². The lowest BCUT2D eigenvalue weighted by atomic mass is 10.2. The van der Waals surface area contributed by atoms with E-state index in [9.17, 15) is 9.59 Å². The molecule has 0 radical (unpaired) electrons. The van der Waals surface area contributed by atoms with Crippen molar-refractivity contribution in [2.75, 3.05) is 18.9 Å². The number of hydrogen-bond acceptors (Lipinski definition) is 5. The SMILES string of the molecule is Cc1cc(Br)ccc1NC(=O)CN(C)Cc1cc(=O)n2c(C)csc2n1. The molecule has 0 fully saturated rings. The number of benzene rings is 1. The summed E-state index contributed by atoms with van der Waals surface area (Å²) in [6.45, 7) is 4.46. The van der Waals surface area contributed by atoms with Crippen molar-refractivity contribution in [1.29, 1.82) is 0 Å². The monoisotopic (exact) mass is 434 g/mol. The highest BCUT2D eigenvalue weighted by Gasteiger charge is 2.12. The molecule has 0 aliphatic heterocycles. The lowest BCUT2D eigenvalue weighted by Crippen LogP contribution is -2.31. The van der Waals surface area contributed by atoms with Crippen molar-refractivity contribution in [2.45, 2.75) is 20.4 Å². The standard InChI is InChI=1S/C18H19BrN4O2S/c1-11-6-13(19)4-5-15(11)21-16(24)9-22(3)8-14-7-17(25)23-12(2)10-26-18(23)20-14/h4-7,10H,8-9H2,1-3H3,(H,21,24). The van der Waals surface area contributed by atoms with Gasteiger partial charge >= 0.3 is 0 Å². The van der Waals surface area contributed by atoms with Crippen molar-refractivity contribution < 1.29 is 4.79 Å². The van der Waals surface area contributed by atoms with E-state index in [0.717, 1.165) is 21.4 Å². The fraction of sp³-hybridized carbons (Fsp3) is 0.278. The van der Waals surface area contributed by atoms with Gasteiger partial charge in [0.2, 0.25) is 5.91 Å². The van der Waals surface area contributed by atoms with Gasteiger partial charge in [0, 0.05) is 33.8 Å². The van der Waals surface area contributed by atoms with Gasteiger partial charge < -0.3 is 5.32 Å². The Labute approximate surface area is 163 Å². The third-order valence-electron chi connectivity index (χ3n) is 3.94. The number of carbonyl (C=O) groups excluding carboxylic acids is 1. The van der Waals surface area contributed by atoms with E-state index in [1.54, 1.807) is 4.40 Å². The Morgan fingerprint density at radius 3 is 2.85 bits per heavy atom. The fourth-order valence-corrected chi connectivity index (χ4v) is 4.08. The molecular formula is C18H19BrN4O2S. The van der Waals surface area contributed by atoms with Crippen molar-refractivity contribution in [3.63, 3.8) is 0 Å². The van der Waals surface area contributed by atoms with Crippen molar-refractivity contribution in [3.05, 3.63) is 61.4 Å². The highest BCUT2D eigenvalue weighted by molar-refractivity contribution is 9.10. The zero-order valence-corrected chi connectivity index (χ0v) is 17.1. The average molecular weight is 435 g/mol. The summed E-state index contributed by atoms with van der Waals surface area (Å²) in [6.07, 6.45) is 0. The number of nitrogens with one attached hydrogen (secondary N) is 1. The summed E-state index contributed by atoms with van der Waals surface area (Å²) in [7, 11) is 1.83. The maximum Gasteiger partial charge on any atom is 0.259 e. The number of hydrogen-bond donors (Lipinski definition) is 1. The number of thiazole rings is 1. The molecule has 0 bridgehead atoms. The highest BCUT2D eigenvalue weighted by Crippen LogP contribution is 2.20. The van der Waals surface area contributed by atoms with Gasteiger partial charge in [-0.1, -0.05) is 15.9 Å². The van der Waals surface area contributed by atoms with Crippen LogP contribution < -0.4 is 10.9 Å². The smallest absolute Gasteiger partial charge is 0.259 e. The summed E-state index contributed by atoms with van der Waals surface area (Å²) >= 11 is 4.85. The van der Waals surface area contributed by atoms with Crippen LogP contribution in [0.2, 0.25) is 0 Å². The molecule has 26 heavy (non-hydrogen) atoms. The van der Waals surface area contributed by atoms with Crippen molar-refractivity contribution in [2.24, 2.45) is 0 Å². The van der Waals surface area contributed by atoms with E-state index in [0.29, 0.717) is 17.2 Å². The summed E-state index contributed by atoms with van der Waals surface area (Å²) in [5.41, 5.74) is 3.23. The second-order valence-corrected chi connectivity index (χ2v) is 8.01. The van der Waals surface area contributed by atoms with Gasteiger partial charge in [-0.05, 0) is 44.7 Å². The zero-order chi connectivity index (χ0) is 18.8. The molecule has 0 saturated carbocycles. The molecule has 2 aromatic heterocycles. The Morgan fingerprint density at radius 1 is 1.35 bits per heavy atom. The minimum Gasteiger partial charge on any atom is -0.325 e. The number of halogens is 1. The minimum atomic E-state index is -0.109. The molecule has 1 amide bonds. The van der Waals surface area contributed by atoms with Crippen LogP contribution in [0.3, 0.4) is 0 Å². The molecule has 136 valence electrons. The minimum absolute atomic E-state index is 0.0907. The van der Waals surface area contributed by atoms with Gasteiger partial charge in [0.05, 0.1) is 12.2 Å². The molecule has 0 atom stereocenters. The Kier molecular flexibility index (Phi) is 5.55. The number of aryl methyl sites for hydroxylation is 2. The largest absolute Gasteiger partial charge is 0.325 e. The molecule has 1 aromatic carbocycles. The number of amides is 1. The van der Waals surface area contributed by atoms with Crippen LogP contribution in [0.25, 0.3) is 4.96 Å². The Balaban J connectivity index is 1.66. The second-order valence-electron chi connectivity index (χ2n) is 6.26. The van der Waals surface area contributed by atoms with Crippen LogP contribution in [0.5, 0.6) is 0 Å². The van der Waals surface area contributed by atoms with Gasteiger partial charge in [0.1, 0.15) is 0 Å². The molecule has 0 unspecified atom stereocenters. The molecular weight excluding hydrogens is 416 g/mol. The molecule has 2 heterocycles. The maximum absolute atomic E-state index is 12.3. The summed E-state index contributed by atoms with van der Waals surface area (Å²) in [6, 6.07) is 7.24. The van der Waals surface area contributed by atoms with Crippen LogP contribution in [0, 0.1) is 13.8 Å². The molecule has 0 aliphatic rings. The number of carbonyl (C=O) groups is 1. The molecule has 8 heteroatoms. The Morgan fingerprint density at radius 2 is 2.12 bits per heavy atom. The van der Waals surface area contributed by atoms with E-state index in [1.807, 2.05) is 49.4 Å². The predicted octanol–water partition coefficient (Wildman–Crippen LogP) is 3.21. The number of rotatable bonds is 5. The van der Waals surface area contributed by atoms with Crippen molar-refractivity contribution >= 4 is 43.8 Å². The molecule has 3 rings (SSSR count). The van der Waals surface area contributed by atoms with Crippen LogP contribution in [0.4, 0.5) is 5.69 Å². The van der Waals surface area contributed by atoms with Crippen LogP contribution in [0.1, 0.15) is 17.0 Å². The average Bonchev–Trinajstić information content (AvgIpc) is 2.91. The quantitative estimate of drug-likeness (QED) is 0.669. The summed E-state index contributed by atoms with van der Waals surface area (Å²) in [5.74, 6) is -0.109. The molecule has 3 aromatic rings. The number of likely N-dealkylation sites (N-methyl/N-ethyl adjacent to an activating group) is 1. The van der Waals surface area contributed by atoms with E-state index in [1.165, 1.54) is 17.4 Å². The number of aromatic nitrogens is 2.